The summed E-state index contributed by atoms with van der Waals surface area (Å²) in [6.45, 7) is 5.07. The lowest BCUT2D eigenvalue weighted by molar-refractivity contribution is 0.0352. The van der Waals surface area contributed by atoms with E-state index in [-0.39, 0.29) is 13.2 Å². The molecule has 30 heavy (non-hydrogen) atoms. The summed E-state index contributed by atoms with van der Waals surface area (Å²) in [6, 6.07) is 10.5. The Labute approximate surface area is 174 Å². The minimum absolute atomic E-state index is 0.269. The van der Waals surface area contributed by atoms with Gasteiger partial charge >= 0.3 is 11.9 Å². The zero-order valence-corrected chi connectivity index (χ0v) is 16.6. The lowest BCUT2D eigenvalue weighted by Crippen LogP contribution is -2.48. The third-order valence-corrected chi connectivity index (χ3v) is 4.91. The zero-order valence-electron chi connectivity index (χ0n) is 16.6. The van der Waals surface area contributed by atoms with Crippen LogP contribution in [0.25, 0.3) is 0 Å². The number of rotatable bonds is 8. The van der Waals surface area contributed by atoms with E-state index in [2.05, 4.69) is 9.80 Å². The summed E-state index contributed by atoms with van der Waals surface area (Å²) < 4.78 is 36.3. The second-order valence-electron chi connectivity index (χ2n) is 6.97. The molecule has 6 nitrogen and oxygen atoms in total. The number of hydrogen-bond donors (Lipinski definition) is 0. The van der Waals surface area contributed by atoms with Gasteiger partial charge in [0.25, 0.3) is 0 Å². The molecule has 0 unspecified atom stereocenters. The highest BCUT2D eigenvalue weighted by molar-refractivity contribution is 5.89. The maximum Gasteiger partial charge on any atom is 0.338 e. The summed E-state index contributed by atoms with van der Waals surface area (Å²) in [5, 5.41) is 0. The molecule has 0 saturated carbocycles. The highest BCUT2D eigenvalue weighted by Gasteiger charge is 2.18. The molecular weight excluding hydrogens is 394 g/mol. The molecule has 0 aliphatic carbocycles. The molecule has 3 rings (SSSR count). The molecule has 1 aliphatic heterocycles. The van der Waals surface area contributed by atoms with Crippen LogP contribution >= 0.6 is 0 Å². The normalized spacial score (nSPS) is 15.0. The van der Waals surface area contributed by atoms with Gasteiger partial charge < -0.3 is 9.47 Å². The lowest BCUT2D eigenvalue weighted by atomic mass is 10.2. The first-order valence-electron chi connectivity index (χ1n) is 9.81. The van der Waals surface area contributed by atoms with Crippen molar-refractivity contribution in [2.45, 2.75) is 0 Å². The Morgan fingerprint density at radius 3 is 1.33 bits per heavy atom. The predicted molar refractivity (Wildman–Crippen MR) is 106 cm³/mol. The van der Waals surface area contributed by atoms with E-state index in [9.17, 15) is 18.4 Å². The highest BCUT2D eigenvalue weighted by Crippen LogP contribution is 2.07. The summed E-state index contributed by atoms with van der Waals surface area (Å²) >= 11 is 0. The quantitative estimate of drug-likeness (QED) is 0.615. The van der Waals surface area contributed by atoms with Crippen molar-refractivity contribution < 1.29 is 27.8 Å². The number of carbonyl (C=O) groups is 2. The summed E-state index contributed by atoms with van der Waals surface area (Å²) in [5.41, 5.74) is 0.660. The van der Waals surface area contributed by atoms with E-state index in [0.717, 1.165) is 26.2 Å². The molecule has 0 bridgehead atoms. The smallest absolute Gasteiger partial charge is 0.338 e. The van der Waals surface area contributed by atoms with Crippen LogP contribution in [0.5, 0.6) is 0 Å². The third kappa shape index (κ3) is 6.60. The Hall–Kier alpha value is -2.84. The van der Waals surface area contributed by atoms with E-state index in [1.165, 1.54) is 48.5 Å². The van der Waals surface area contributed by atoms with Crippen molar-refractivity contribution in [3.63, 3.8) is 0 Å². The molecule has 1 saturated heterocycles. The first-order valence-corrected chi connectivity index (χ1v) is 9.81. The Morgan fingerprint density at radius 2 is 1.00 bits per heavy atom. The van der Waals surface area contributed by atoms with Crippen molar-refractivity contribution >= 4 is 11.9 Å². The molecule has 1 aliphatic rings. The molecule has 160 valence electrons. The van der Waals surface area contributed by atoms with Gasteiger partial charge in [0.05, 0.1) is 11.1 Å². The van der Waals surface area contributed by atoms with Crippen molar-refractivity contribution in [2.24, 2.45) is 0 Å². The summed E-state index contributed by atoms with van der Waals surface area (Å²) in [6.07, 6.45) is 0. The van der Waals surface area contributed by atoms with Crippen LogP contribution in [0.1, 0.15) is 20.7 Å². The van der Waals surface area contributed by atoms with Gasteiger partial charge in [-0.25, -0.2) is 18.4 Å². The van der Waals surface area contributed by atoms with Gasteiger partial charge in [0.2, 0.25) is 0 Å². The average Bonchev–Trinajstić information content (AvgIpc) is 2.75. The van der Waals surface area contributed by atoms with Gasteiger partial charge in [-0.15, -0.1) is 0 Å². The van der Waals surface area contributed by atoms with Gasteiger partial charge in [-0.05, 0) is 48.5 Å². The van der Waals surface area contributed by atoms with Crippen LogP contribution < -0.4 is 0 Å². The number of halogens is 2. The lowest BCUT2D eigenvalue weighted by Gasteiger charge is -2.34. The molecule has 0 amide bonds. The highest BCUT2D eigenvalue weighted by atomic mass is 19.1. The minimum atomic E-state index is -0.461. The van der Waals surface area contributed by atoms with Crippen LogP contribution in [0.4, 0.5) is 8.78 Å². The van der Waals surface area contributed by atoms with Crippen molar-refractivity contribution in [1.82, 2.24) is 9.80 Å². The first-order chi connectivity index (χ1) is 14.5. The Kier molecular flexibility index (Phi) is 7.87. The molecular formula is C22H24F2N2O4. The van der Waals surface area contributed by atoms with Gasteiger partial charge in [-0.1, -0.05) is 0 Å². The molecule has 1 fully saturated rings. The number of benzene rings is 2. The van der Waals surface area contributed by atoms with E-state index in [1.807, 2.05) is 0 Å². The van der Waals surface area contributed by atoms with Crippen molar-refractivity contribution in [3.8, 4) is 0 Å². The average molecular weight is 418 g/mol. The van der Waals surface area contributed by atoms with E-state index >= 15 is 0 Å². The first kappa shape index (κ1) is 21.9. The molecule has 0 atom stereocenters. The van der Waals surface area contributed by atoms with E-state index in [0.29, 0.717) is 24.2 Å². The van der Waals surface area contributed by atoms with Gasteiger partial charge in [0, 0.05) is 39.3 Å². The van der Waals surface area contributed by atoms with Crippen LogP contribution in [0, 0.1) is 11.6 Å². The topological polar surface area (TPSA) is 59.1 Å². The summed E-state index contributed by atoms with van der Waals surface area (Å²) in [7, 11) is 0. The fourth-order valence-electron chi connectivity index (χ4n) is 3.11. The van der Waals surface area contributed by atoms with Crippen LogP contribution in [0.15, 0.2) is 48.5 Å². The number of hydrogen-bond acceptors (Lipinski definition) is 6. The van der Waals surface area contributed by atoms with Crippen molar-refractivity contribution in [2.75, 3.05) is 52.5 Å². The second-order valence-corrected chi connectivity index (χ2v) is 6.97. The molecule has 8 heteroatoms. The molecule has 0 N–H and O–H groups in total. The summed E-state index contributed by atoms with van der Waals surface area (Å²) in [5.74, 6) is -1.71. The van der Waals surface area contributed by atoms with Crippen LogP contribution in [-0.2, 0) is 9.47 Å². The predicted octanol–water partition coefficient (Wildman–Crippen LogP) is 2.60. The number of carbonyl (C=O) groups excluding carboxylic acids is 2. The van der Waals surface area contributed by atoms with E-state index in [1.54, 1.807) is 0 Å². The monoisotopic (exact) mass is 418 g/mol. The number of nitrogens with zero attached hydrogens (tertiary/aromatic N) is 2. The van der Waals surface area contributed by atoms with Crippen LogP contribution in [0.3, 0.4) is 0 Å². The van der Waals surface area contributed by atoms with Crippen molar-refractivity contribution in [3.05, 3.63) is 71.3 Å². The van der Waals surface area contributed by atoms with Gasteiger partial charge in [-0.3, -0.25) is 9.80 Å². The maximum absolute atomic E-state index is 12.9. The van der Waals surface area contributed by atoms with Gasteiger partial charge in [0.15, 0.2) is 0 Å². The largest absolute Gasteiger partial charge is 0.461 e. The fourth-order valence-corrected chi connectivity index (χ4v) is 3.11. The van der Waals surface area contributed by atoms with Gasteiger partial charge in [-0.2, -0.15) is 0 Å². The minimum Gasteiger partial charge on any atom is -0.461 e. The Bertz CT molecular complexity index is 764. The molecule has 1 heterocycles. The van der Waals surface area contributed by atoms with Gasteiger partial charge in [0.1, 0.15) is 24.8 Å². The SMILES string of the molecule is O=C(OCCN1CCN(CCOC(=O)c2ccc(F)cc2)CC1)c1ccc(F)cc1. The maximum atomic E-state index is 12.9. The molecule has 0 spiro atoms. The Balaban J connectivity index is 1.28. The van der Waals surface area contributed by atoms with Crippen molar-refractivity contribution in [1.29, 1.82) is 0 Å². The third-order valence-electron chi connectivity index (χ3n) is 4.91. The molecule has 2 aromatic carbocycles. The number of ether oxygens (including phenoxy) is 2. The Morgan fingerprint density at radius 1 is 0.667 bits per heavy atom. The molecule has 0 aromatic heterocycles. The standard InChI is InChI=1S/C22H24F2N2O4/c23-19-5-1-17(2-6-19)21(27)29-15-13-25-9-11-26(12-10-25)14-16-30-22(28)18-3-7-20(24)8-4-18/h1-8H,9-16H2. The van der Waals surface area contributed by atoms with E-state index < -0.39 is 23.6 Å². The second kappa shape index (κ2) is 10.8. The molecule has 0 radical (unpaired) electrons. The fraction of sp³-hybridized carbons (Fsp3) is 0.364. The number of esters is 2. The van der Waals surface area contributed by atoms with E-state index in [4.69, 9.17) is 9.47 Å². The van der Waals surface area contributed by atoms with Crippen LogP contribution in [0.2, 0.25) is 0 Å². The summed E-state index contributed by atoms with van der Waals surface area (Å²) in [4.78, 5) is 28.2. The molecule has 2 aromatic rings. The van der Waals surface area contributed by atoms with Crippen LogP contribution in [-0.4, -0.2) is 74.2 Å². The number of piperazine rings is 1. The zero-order chi connectivity index (χ0) is 21.3.